The maximum Gasteiger partial charge on any atom is 0.279 e. The maximum atomic E-state index is 11.9. The van der Waals surface area contributed by atoms with Crippen molar-refractivity contribution in [2.75, 3.05) is 5.75 Å². The maximum absolute atomic E-state index is 11.9. The average Bonchev–Trinajstić information content (AvgIpc) is 3.28. The third kappa shape index (κ3) is 4.92. The Balaban J connectivity index is 1.54. The van der Waals surface area contributed by atoms with Gasteiger partial charge in [-0.2, -0.15) is 0 Å². The highest BCUT2D eigenvalue weighted by Crippen LogP contribution is 2.24. The molecule has 0 aliphatic carbocycles. The second-order valence-corrected chi connectivity index (χ2v) is 9.02. The summed E-state index contributed by atoms with van der Waals surface area (Å²) < 4.78 is 2.85. The minimum atomic E-state index is -0.346. The summed E-state index contributed by atoms with van der Waals surface area (Å²) in [5.74, 6) is -0.576. The van der Waals surface area contributed by atoms with E-state index in [0.717, 1.165) is 5.69 Å². The van der Waals surface area contributed by atoms with Crippen LogP contribution >= 0.6 is 58.3 Å². The molecule has 0 saturated heterocycles. The van der Waals surface area contributed by atoms with Crippen LogP contribution in [0.25, 0.3) is 5.69 Å². The Morgan fingerprint density at radius 2 is 2.00 bits per heavy atom. The molecular weight excluding hydrogens is 432 g/mol. The fraction of sp³-hybridized carbons (Fsp3) is 0.0667. The quantitative estimate of drug-likeness (QED) is 0.355. The first kappa shape index (κ1) is 19.1. The summed E-state index contributed by atoms with van der Waals surface area (Å²) in [5, 5.41) is 6.82. The standard InChI is InChI=1S/C15H11ClN4O2S4/c16-9-3-5-10(6-4-9)20-15(23)26-14(19-20)25-8-12(21)17-18-13(22)11-2-1-7-24-11/h1-7H,8H2,(H,17,21)(H,18,22). The molecule has 134 valence electrons. The Hall–Kier alpha value is -1.72. The van der Waals surface area contributed by atoms with Crippen LogP contribution in [0.5, 0.6) is 0 Å². The number of amides is 2. The molecule has 26 heavy (non-hydrogen) atoms. The zero-order valence-electron chi connectivity index (χ0n) is 13.0. The summed E-state index contributed by atoms with van der Waals surface area (Å²) in [4.78, 5) is 24.2. The van der Waals surface area contributed by atoms with Gasteiger partial charge >= 0.3 is 0 Å². The van der Waals surface area contributed by atoms with E-state index in [1.807, 2.05) is 12.1 Å². The van der Waals surface area contributed by atoms with Crippen LogP contribution in [0.15, 0.2) is 46.1 Å². The molecule has 6 nitrogen and oxygen atoms in total. The van der Waals surface area contributed by atoms with Gasteiger partial charge in [0.25, 0.3) is 5.91 Å². The summed E-state index contributed by atoms with van der Waals surface area (Å²) in [5.41, 5.74) is 5.55. The van der Waals surface area contributed by atoms with Gasteiger partial charge in [0.1, 0.15) is 0 Å². The van der Waals surface area contributed by atoms with Gasteiger partial charge in [-0.1, -0.05) is 40.8 Å². The van der Waals surface area contributed by atoms with Crippen LogP contribution in [-0.4, -0.2) is 27.3 Å². The van der Waals surface area contributed by atoms with E-state index in [9.17, 15) is 9.59 Å². The lowest BCUT2D eigenvalue weighted by molar-refractivity contribution is -0.119. The highest BCUT2D eigenvalue weighted by Gasteiger charge is 2.11. The van der Waals surface area contributed by atoms with Crippen LogP contribution in [0.3, 0.4) is 0 Å². The number of hydrogen-bond acceptors (Lipinski definition) is 7. The normalized spacial score (nSPS) is 10.5. The van der Waals surface area contributed by atoms with Crippen molar-refractivity contribution in [1.29, 1.82) is 0 Å². The number of carbonyl (C=O) groups is 2. The molecule has 0 unspecified atom stereocenters. The number of hydrogen-bond donors (Lipinski definition) is 2. The minimum absolute atomic E-state index is 0.105. The first-order valence-corrected chi connectivity index (χ1v) is 10.6. The Labute approximate surface area is 171 Å². The molecular formula is C15H11ClN4O2S4. The number of aromatic nitrogens is 2. The van der Waals surface area contributed by atoms with Crippen LogP contribution in [0, 0.1) is 3.95 Å². The number of hydrazine groups is 1. The number of nitrogens with one attached hydrogen (secondary N) is 2. The summed E-state index contributed by atoms with van der Waals surface area (Å²) >= 11 is 15.0. The lowest BCUT2D eigenvalue weighted by Gasteiger charge is -2.05. The number of carbonyl (C=O) groups excluding carboxylic acids is 2. The highest BCUT2D eigenvalue weighted by molar-refractivity contribution is 8.01. The predicted octanol–water partition coefficient (Wildman–Crippen LogP) is 3.93. The lowest BCUT2D eigenvalue weighted by Crippen LogP contribution is -2.42. The molecule has 1 aromatic carbocycles. The Morgan fingerprint density at radius 1 is 1.23 bits per heavy atom. The number of nitrogens with zero attached hydrogens (tertiary/aromatic N) is 2. The van der Waals surface area contributed by atoms with E-state index in [2.05, 4.69) is 16.0 Å². The molecule has 0 saturated carbocycles. The summed E-state index contributed by atoms with van der Waals surface area (Å²) in [6.07, 6.45) is 0. The molecule has 2 heterocycles. The fourth-order valence-corrected chi connectivity index (χ4v) is 4.73. The van der Waals surface area contributed by atoms with Gasteiger partial charge < -0.3 is 0 Å². The van der Waals surface area contributed by atoms with Crippen molar-refractivity contribution >= 4 is 70.1 Å². The van der Waals surface area contributed by atoms with Gasteiger partial charge in [0.05, 0.1) is 16.3 Å². The number of thioether (sulfide) groups is 1. The Bertz CT molecular complexity index is 966. The van der Waals surface area contributed by atoms with Crippen molar-refractivity contribution in [2.24, 2.45) is 0 Å². The Kier molecular flexibility index (Phi) is 6.43. The molecule has 0 atom stereocenters. The second-order valence-electron chi connectivity index (χ2n) is 4.79. The average molecular weight is 443 g/mol. The molecule has 2 amide bonds. The minimum Gasteiger partial charge on any atom is -0.272 e. The largest absolute Gasteiger partial charge is 0.279 e. The van der Waals surface area contributed by atoms with E-state index in [0.29, 0.717) is 18.2 Å². The molecule has 0 aliphatic rings. The van der Waals surface area contributed by atoms with E-state index in [1.54, 1.807) is 34.3 Å². The van der Waals surface area contributed by atoms with Crippen LogP contribution in [0.4, 0.5) is 0 Å². The lowest BCUT2D eigenvalue weighted by atomic mass is 10.3. The molecule has 0 spiro atoms. The molecule has 0 aliphatic heterocycles. The highest BCUT2D eigenvalue weighted by atomic mass is 35.5. The molecule has 0 radical (unpaired) electrons. The van der Waals surface area contributed by atoms with Crippen molar-refractivity contribution < 1.29 is 9.59 Å². The molecule has 2 N–H and O–H groups in total. The zero-order valence-corrected chi connectivity index (χ0v) is 17.0. The van der Waals surface area contributed by atoms with Crippen molar-refractivity contribution in [1.82, 2.24) is 20.6 Å². The monoisotopic (exact) mass is 442 g/mol. The smallest absolute Gasteiger partial charge is 0.272 e. The number of benzene rings is 1. The van der Waals surface area contributed by atoms with Crippen LogP contribution < -0.4 is 10.9 Å². The number of rotatable bonds is 5. The van der Waals surface area contributed by atoms with Crippen molar-refractivity contribution in [3.63, 3.8) is 0 Å². The van der Waals surface area contributed by atoms with Gasteiger partial charge in [0, 0.05) is 5.02 Å². The zero-order chi connectivity index (χ0) is 18.5. The molecule has 11 heteroatoms. The second kappa shape index (κ2) is 8.78. The van der Waals surface area contributed by atoms with Gasteiger partial charge in [-0.25, -0.2) is 4.68 Å². The van der Waals surface area contributed by atoms with E-state index < -0.39 is 0 Å². The van der Waals surface area contributed by atoms with Crippen molar-refractivity contribution in [3.05, 3.63) is 55.6 Å². The van der Waals surface area contributed by atoms with E-state index in [4.69, 9.17) is 23.8 Å². The summed E-state index contributed by atoms with van der Waals surface area (Å²) in [7, 11) is 0. The van der Waals surface area contributed by atoms with Gasteiger partial charge in [-0.05, 0) is 47.9 Å². The third-order valence-electron chi connectivity index (χ3n) is 2.99. The third-order valence-corrected chi connectivity index (χ3v) is 6.47. The SMILES string of the molecule is O=C(CSc1nn(-c2ccc(Cl)cc2)c(=S)s1)NNC(=O)c1cccs1. The summed E-state index contributed by atoms with van der Waals surface area (Å²) in [6.45, 7) is 0. The fourth-order valence-electron chi connectivity index (χ4n) is 1.82. The van der Waals surface area contributed by atoms with Gasteiger partial charge in [0.15, 0.2) is 8.29 Å². The topological polar surface area (TPSA) is 76.0 Å². The molecule has 0 fully saturated rings. The van der Waals surface area contributed by atoms with Crippen molar-refractivity contribution in [2.45, 2.75) is 4.34 Å². The predicted molar refractivity (Wildman–Crippen MR) is 108 cm³/mol. The first-order valence-electron chi connectivity index (χ1n) is 7.14. The molecule has 3 rings (SSSR count). The van der Waals surface area contributed by atoms with Crippen LogP contribution in [-0.2, 0) is 4.79 Å². The molecule has 2 aromatic heterocycles. The van der Waals surface area contributed by atoms with Crippen LogP contribution in [0.2, 0.25) is 5.02 Å². The van der Waals surface area contributed by atoms with Gasteiger partial charge in [-0.3, -0.25) is 20.4 Å². The van der Waals surface area contributed by atoms with Gasteiger partial charge in [0.2, 0.25) is 5.91 Å². The summed E-state index contributed by atoms with van der Waals surface area (Å²) in [6, 6.07) is 10.6. The van der Waals surface area contributed by atoms with Crippen molar-refractivity contribution in [3.8, 4) is 5.69 Å². The van der Waals surface area contributed by atoms with E-state index in [1.165, 1.54) is 34.4 Å². The number of thiophene rings is 1. The van der Waals surface area contributed by atoms with Crippen LogP contribution in [0.1, 0.15) is 9.67 Å². The molecule has 0 bridgehead atoms. The molecule has 3 aromatic rings. The van der Waals surface area contributed by atoms with E-state index >= 15 is 0 Å². The van der Waals surface area contributed by atoms with E-state index in [-0.39, 0.29) is 17.6 Å². The number of halogens is 1. The van der Waals surface area contributed by atoms with Gasteiger partial charge in [-0.15, -0.1) is 16.4 Å². The Morgan fingerprint density at radius 3 is 2.69 bits per heavy atom. The first-order chi connectivity index (χ1) is 12.5.